The highest BCUT2D eigenvalue weighted by Crippen LogP contribution is 2.94. The van der Waals surface area contributed by atoms with Crippen LogP contribution < -0.4 is 15.5 Å². The van der Waals surface area contributed by atoms with Crippen LogP contribution in [0.1, 0.15) is 92.9 Å². The minimum absolute atomic E-state index is 0.135. The zero-order valence-corrected chi connectivity index (χ0v) is 36.7. The Bertz CT molecular complexity index is 3390. The van der Waals surface area contributed by atoms with Crippen molar-refractivity contribution in [3.05, 3.63) is 185 Å². The molecule has 1 aromatic heterocycles. The quantitative estimate of drug-likeness (QED) is 0.166. The summed E-state index contributed by atoms with van der Waals surface area (Å²) < 4.78 is 6.55. The summed E-state index contributed by atoms with van der Waals surface area (Å²) >= 11 is 0. The van der Waals surface area contributed by atoms with Gasteiger partial charge in [0.05, 0.1) is 5.69 Å². The molecule has 2 nitrogen and oxygen atoms in total. The number of rotatable bonds is 6. The molecule has 7 aliphatic rings. The van der Waals surface area contributed by atoms with Crippen molar-refractivity contribution >= 4 is 50.5 Å². The van der Waals surface area contributed by atoms with Gasteiger partial charge in [0.2, 0.25) is 0 Å². The third-order valence-electron chi connectivity index (χ3n) is 18.5. The Morgan fingerprint density at radius 2 is 1.31 bits per heavy atom. The van der Waals surface area contributed by atoms with Gasteiger partial charge in [0, 0.05) is 33.0 Å². The Labute approximate surface area is 376 Å². The fraction of sp³-hybridized carbons (Fsp3) is 0.290. The molecule has 64 heavy (non-hydrogen) atoms. The van der Waals surface area contributed by atoms with E-state index >= 15 is 0 Å². The van der Waals surface area contributed by atoms with Crippen LogP contribution in [0.3, 0.4) is 0 Å². The second kappa shape index (κ2) is 13.0. The van der Waals surface area contributed by atoms with Gasteiger partial charge in [0.15, 0.2) is 0 Å². The van der Waals surface area contributed by atoms with Crippen LogP contribution in [-0.2, 0) is 5.41 Å². The molecule has 0 bridgehead atoms. The molecule has 0 saturated heterocycles. The number of furan rings is 1. The summed E-state index contributed by atoms with van der Waals surface area (Å²) in [5.41, 5.74) is 19.4. The molecule has 7 aliphatic carbocycles. The van der Waals surface area contributed by atoms with Crippen molar-refractivity contribution in [1.82, 2.24) is 0 Å². The van der Waals surface area contributed by atoms with E-state index in [0.717, 1.165) is 41.1 Å². The van der Waals surface area contributed by atoms with Crippen molar-refractivity contribution in [1.29, 1.82) is 0 Å². The maximum Gasteiger partial charge on any atom is 0.135 e. The predicted molar refractivity (Wildman–Crippen MR) is 263 cm³/mol. The SMILES string of the molecule is CC1C=c2oc3ccccc3c2=C(c2cccc(N(c3ccc4c(c3)C3(c5ccccc5-4)C4CC5CC6CC3C564)c3ccccc3-c3cccc4cccc(C5CCCCC5)c34)c2)C1. The Balaban J connectivity index is 0.967. The van der Waals surface area contributed by atoms with Gasteiger partial charge >= 0.3 is 0 Å². The Morgan fingerprint density at radius 3 is 2.17 bits per heavy atom. The van der Waals surface area contributed by atoms with Gasteiger partial charge in [-0.05, 0) is 177 Å². The molecule has 2 spiro atoms. The largest absolute Gasteiger partial charge is 0.456 e. The molecule has 2 heteroatoms. The highest BCUT2D eigenvalue weighted by molar-refractivity contribution is 6.04. The smallest absolute Gasteiger partial charge is 0.135 e. The molecular weight excluding hydrogens is 775 g/mol. The molecule has 5 fully saturated rings. The highest BCUT2D eigenvalue weighted by Gasteiger charge is 2.90. The van der Waals surface area contributed by atoms with Crippen molar-refractivity contribution in [3.63, 3.8) is 0 Å². The van der Waals surface area contributed by atoms with Gasteiger partial charge in [0.25, 0.3) is 0 Å². The minimum Gasteiger partial charge on any atom is -0.456 e. The lowest BCUT2D eigenvalue weighted by atomic mass is 9.11. The van der Waals surface area contributed by atoms with E-state index in [2.05, 4.69) is 170 Å². The monoisotopic (exact) mass is 827 g/mol. The van der Waals surface area contributed by atoms with Crippen LogP contribution in [0.4, 0.5) is 17.1 Å². The van der Waals surface area contributed by atoms with Crippen LogP contribution in [0, 0.1) is 35.0 Å². The van der Waals surface area contributed by atoms with E-state index in [-0.39, 0.29) is 5.41 Å². The van der Waals surface area contributed by atoms with Crippen LogP contribution in [0.2, 0.25) is 0 Å². The Kier molecular flexibility index (Phi) is 7.36. The summed E-state index contributed by atoms with van der Waals surface area (Å²) in [5, 5.41) is 5.24. The van der Waals surface area contributed by atoms with E-state index in [1.54, 1.807) is 11.1 Å². The minimum atomic E-state index is 0.135. The maximum absolute atomic E-state index is 6.55. The third kappa shape index (κ3) is 4.48. The molecule has 312 valence electrons. The van der Waals surface area contributed by atoms with Gasteiger partial charge < -0.3 is 9.32 Å². The number of anilines is 3. The number of para-hydroxylation sites is 2. The molecule has 15 rings (SSSR count). The molecule has 8 aromatic rings. The molecular formula is C62H53NO. The molecule has 5 atom stereocenters. The van der Waals surface area contributed by atoms with Gasteiger partial charge in [-0.15, -0.1) is 0 Å². The topological polar surface area (TPSA) is 16.4 Å². The standard InChI is InChI=1S/C62H53NO/c1-37-30-51(60-50-22-7-10-27-55(50)64-56(60)31-37)40-18-11-19-43(32-40)63(54-26-9-6-21-48(54)49-24-13-17-39-16-12-23-45(59(39)49)38-14-3-2-4-15-38)44-28-29-47-46-20-5-8-25-52(46)62(53(47)36-44)57-34-41-33-42-35-58(62)61(41,42)57/h5-13,16-29,31-32,36-38,41-42,57-58H,2-4,14-15,30,33-35H2,1H3. The Hall–Kier alpha value is -6.12. The van der Waals surface area contributed by atoms with Crippen LogP contribution in [0.15, 0.2) is 156 Å². The summed E-state index contributed by atoms with van der Waals surface area (Å²) in [4.78, 5) is 2.64. The average Bonchev–Trinajstić information content (AvgIpc) is 3.84. The lowest BCUT2D eigenvalue weighted by Crippen LogP contribution is -2.88. The number of fused-ring (bicyclic) bond motifs is 11. The lowest BCUT2D eigenvalue weighted by molar-refractivity contribution is -0.412. The molecule has 0 radical (unpaired) electrons. The van der Waals surface area contributed by atoms with Crippen LogP contribution >= 0.6 is 0 Å². The molecule has 0 N–H and O–H groups in total. The number of nitrogens with zero attached hydrogens (tertiary/aromatic N) is 1. The predicted octanol–water partition coefficient (Wildman–Crippen LogP) is 14.7. The van der Waals surface area contributed by atoms with Gasteiger partial charge in [0.1, 0.15) is 11.0 Å². The van der Waals surface area contributed by atoms with Gasteiger partial charge in [-0.1, -0.05) is 141 Å². The summed E-state index contributed by atoms with van der Waals surface area (Å²) in [5.74, 6) is 4.48. The second-order valence-electron chi connectivity index (χ2n) is 21.0. The summed E-state index contributed by atoms with van der Waals surface area (Å²) in [6.07, 6.45) is 14.2. The van der Waals surface area contributed by atoms with Crippen LogP contribution in [-0.4, -0.2) is 0 Å². The van der Waals surface area contributed by atoms with Crippen molar-refractivity contribution < 1.29 is 4.42 Å². The van der Waals surface area contributed by atoms with Crippen LogP contribution in [0.25, 0.3) is 55.6 Å². The van der Waals surface area contributed by atoms with E-state index in [1.807, 2.05) is 0 Å². The fourth-order valence-electron chi connectivity index (χ4n) is 16.1. The molecule has 5 unspecified atom stereocenters. The molecule has 1 heterocycles. The van der Waals surface area contributed by atoms with Crippen molar-refractivity contribution in [2.75, 3.05) is 4.90 Å². The van der Waals surface area contributed by atoms with E-state index in [0.29, 0.717) is 17.3 Å². The first-order valence-corrected chi connectivity index (χ1v) is 24.6. The number of hydrogen-bond donors (Lipinski definition) is 0. The van der Waals surface area contributed by atoms with Crippen molar-refractivity contribution in [2.24, 2.45) is 35.0 Å². The third-order valence-corrected chi connectivity index (χ3v) is 18.5. The molecule has 5 saturated carbocycles. The average molecular weight is 828 g/mol. The van der Waals surface area contributed by atoms with E-state index in [4.69, 9.17) is 4.42 Å². The van der Waals surface area contributed by atoms with Gasteiger partial charge in [-0.25, -0.2) is 0 Å². The molecule has 0 amide bonds. The second-order valence-corrected chi connectivity index (χ2v) is 21.0. The first kappa shape index (κ1) is 36.2. The fourth-order valence-corrected chi connectivity index (χ4v) is 16.1. The summed E-state index contributed by atoms with van der Waals surface area (Å²) in [6.45, 7) is 2.33. The Morgan fingerprint density at radius 1 is 0.594 bits per heavy atom. The number of benzene rings is 7. The van der Waals surface area contributed by atoms with Crippen molar-refractivity contribution in [3.8, 4) is 22.3 Å². The number of hydrogen-bond acceptors (Lipinski definition) is 2. The van der Waals surface area contributed by atoms with Crippen molar-refractivity contribution in [2.45, 2.75) is 76.0 Å². The zero-order valence-electron chi connectivity index (χ0n) is 36.7. The van der Waals surface area contributed by atoms with E-state index in [1.165, 1.54) is 129 Å². The molecule has 7 aromatic carbocycles. The normalized spacial score (nSPS) is 27.8. The highest BCUT2D eigenvalue weighted by atomic mass is 16.3. The lowest BCUT2D eigenvalue weighted by Gasteiger charge is -2.92. The first-order chi connectivity index (χ1) is 31.6. The zero-order chi connectivity index (χ0) is 41.9. The summed E-state index contributed by atoms with van der Waals surface area (Å²) in [7, 11) is 0. The van der Waals surface area contributed by atoms with E-state index < -0.39 is 0 Å². The maximum atomic E-state index is 6.55. The van der Waals surface area contributed by atoms with E-state index in [9.17, 15) is 0 Å². The van der Waals surface area contributed by atoms with Gasteiger partial charge in [-0.3, -0.25) is 0 Å². The first-order valence-electron chi connectivity index (χ1n) is 24.6. The van der Waals surface area contributed by atoms with Crippen LogP contribution in [0.5, 0.6) is 0 Å². The molecule has 0 aliphatic heterocycles. The summed E-state index contributed by atoms with van der Waals surface area (Å²) in [6, 6.07) is 58.7. The van der Waals surface area contributed by atoms with Gasteiger partial charge in [-0.2, -0.15) is 0 Å².